The van der Waals surface area contributed by atoms with Gasteiger partial charge in [0, 0.05) is 12.8 Å². The van der Waals surface area contributed by atoms with E-state index in [2.05, 4.69) is 10.3 Å². The molecule has 5 heteroatoms. The molecular weight excluding hydrogens is 206 g/mol. The van der Waals surface area contributed by atoms with Crippen LogP contribution in [-0.4, -0.2) is 30.1 Å². The van der Waals surface area contributed by atoms with E-state index in [0.717, 1.165) is 25.3 Å². The second-order valence-corrected chi connectivity index (χ2v) is 3.85. The molecule has 16 heavy (non-hydrogen) atoms. The summed E-state index contributed by atoms with van der Waals surface area (Å²) in [4.78, 5) is 15.0. The smallest absolute Gasteiger partial charge is 0.250 e. The molecule has 2 rings (SSSR count). The van der Waals surface area contributed by atoms with E-state index < -0.39 is 5.91 Å². The van der Waals surface area contributed by atoms with E-state index in [1.807, 2.05) is 0 Å². The third kappa shape index (κ3) is 2.70. The van der Waals surface area contributed by atoms with Gasteiger partial charge in [0.2, 0.25) is 5.91 Å². The van der Waals surface area contributed by atoms with Crippen molar-refractivity contribution in [2.45, 2.75) is 18.9 Å². The van der Waals surface area contributed by atoms with E-state index in [9.17, 15) is 4.79 Å². The van der Waals surface area contributed by atoms with Gasteiger partial charge in [0.15, 0.2) is 0 Å². The van der Waals surface area contributed by atoms with Crippen molar-refractivity contribution in [3.05, 3.63) is 23.9 Å². The highest BCUT2D eigenvalue weighted by Gasteiger charge is 2.13. The Morgan fingerprint density at radius 1 is 1.56 bits per heavy atom. The lowest BCUT2D eigenvalue weighted by molar-refractivity contribution is 0.0875. The van der Waals surface area contributed by atoms with Crippen LogP contribution in [0.4, 0.5) is 5.82 Å². The van der Waals surface area contributed by atoms with Gasteiger partial charge in [-0.05, 0) is 25.0 Å². The number of hydrogen-bond acceptors (Lipinski definition) is 4. The molecule has 0 bridgehead atoms. The minimum absolute atomic E-state index is 0.306. The first-order valence-electron chi connectivity index (χ1n) is 5.36. The first kappa shape index (κ1) is 10.9. The molecule has 0 spiro atoms. The minimum atomic E-state index is -0.458. The monoisotopic (exact) mass is 221 g/mol. The summed E-state index contributed by atoms with van der Waals surface area (Å²) in [7, 11) is 0. The van der Waals surface area contributed by atoms with E-state index in [1.165, 1.54) is 6.20 Å². The molecule has 86 valence electrons. The van der Waals surface area contributed by atoms with Crippen LogP contribution in [-0.2, 0) is 4.74 Å². The molecule has 1 amide bonds. The zero-order chi connectivity index (χ0) is 11.4. The zero-order valence-electron chi connectivity index (χ0n) is 8.98. The maximum Gasteiger partial charge on any atom is 0.250 e. The van der Waals surface area contributed by atoms with Crippen molar-refractivity contribution in [1.29, 1.82) is 0 Å². The fraction of sp³-hybridized carbons (Fsp3) is 0.455. The second-order valence-electron chi connectivity index (χ2n) is 3.85. The Morgan fingerprint density at radius 2 is 2.44 bits per heavy atom. The number of nitrogens with zero attached hydrogens (tertiary/aromatic N) is 1. The first-order valence-corrected chi connectivity index (χ1v) is 5.36. The number of pyridine rings is 1. The number of hydrogen-bond donors (Lipinski definition) is 2. The Balaban J connectivity index is 1.96. The average molecular weight is 221 g/mol. The van der Waals surface area contributed by atoms with Gasteiger partial charge in [0.25, 0.3) is 0 Å². The van der Waals surface area contributed by atoms with Crippen molar-refractivity contribution < 1.29 is 9.53 Å². The summed E-state index contributed by atoms with van der Waals surface area (Å²) in [5.74, 6) is 0.292. The number of amides is 1. The first-order chi connectivity index (χ1) is 7.75. The quantitative estimate of drug-likeness (QED) is 0.790. The maximum atomic E-state index is 10.8. The van der Waals surface area contributed by atoms with E-state index >= 15 is 0 Å². The summed E-state index contributed by atoms with van der Waals surface area (Å²) >= 11 is 0. The lowest BCUT2D eigenvalue weighted by atomic mass is 10.1. The molecule has 1 saturated heterocycles. The average Bonchev–Trinajstić information content (AvgIpc) is 2.31. The number of primary amides is 1. The van der Waals surface area contributed by atoms with Gasteiger partial charge >= 0.3 is 0 Å². The number of anilines is 1. The Kier molecular flexibility index (Phi) is 3.36. The fourth-order valence-electron chi connectivity index (χ4n) is 1.69. The standard InChI is InChI=1S/C11H15N3O2/c12-11(15)8-3-4-10(13-6-8)14-9-2-1-5-16-7-9/h3-4,6,9H,1-2,5,7H2,(H2,12,15)(H,13,14). The van der Waals surface area contributed by atoms with Crippen LogP contribution < -0.4 is 11.1 Å². The Morgan fingerprint density at radius 3 is 3.00 bits per heavy atom. The van der Waals surface area contributed by atoms with E-state index in [4.69, 9.17) is 10.5 Å². The molecule has 5 nitrogen and oxygen atoms in total. The van der Waals surface area contributed by atoms with Crippen molar-refractivity contribution in [3.63, 3.8) is 0 Å². The van der Waals surface area contributed by atoms with Crippen LogP contribution in [0.15, 0.2) is 18.3 Å². The van der Waals surface area contributed by atoms with Gasteiger partial charge in [0.1, 0.15) is 5.82 Å². The third-order valence-corrected chi connectivity index (χ3v) is 2.56. The summed E-state index contributed by atoms with van der Waals surface area (Å²) in [5.41, 5.74) is 5.55. The predicted octanol–water partition coefficient (Wildman–Crippen LogP) is 0.771. The SMILES string of the molecule is NC(=O)c1ccc(NC2CCCOC2)nc1. The van der Waals surface area contributed by atoms with Crippen molar-refractivity contribution in [2.24, 2.45) is 5.73 Å². The van der Waals surface area contributed by atoms with Crippen LogP contribution in [0.3, 0.4) is 0 Å². The third-order valence-electron chi connectivity index (χ3n) is 2.56. The molecule has 1 aromatic heterocycles. The van der Waals surface area contributed by atoms with Gasteiger partial charge in [-0.25, -0.2) is 4.98 Å². The molecule has 0 saturated carbocycles. The Hall–Kier alpha value is -1.62. The summed E-state index contributed by atoms with van der Waals surface area (Å²) in [6, 6.07) is 3.73. The van der Waals surface area contributed by atoms with Crippen molar-refractivity contribution in [3.8, 4) is 0 Å². The lowest BCUT2D eigenvalue weighted by Crippen LogP contribution is -2.30. The number of nitrogens with two attached hydrogens (primary N) is 1. The highest BCUT2D eigenvalue weighted by atomic mass is 16.5. The van der Waals surface area contributed by atoms with Crippen molar-refractivity contribution in [1.82, 2.24) is 4.98 Å². The van der Waals surface area contributed by atoms with E-state index in [0.29, 0.717) is 18.2 Å². The Bertz CT molecular complexity index is 358. The van der Waals surface area contributed by atoms with Crippen LogP contribution in [0.2, 0.25) is 0 Å². The van der Waals surface area contributed by atoms with E-state index in [1.54, 1.807) is 12.1 Å². The molecule has 3 N–H and O–H groups in total. The molecule has 2 heterocycles. The van der Waals surface area contributed by atoms with Crippen LogP contribution in [0, 0.1) is 0 Å². The second kappa shape index (κ2) is 4.94. The van der Waals surface area contributed by atoms with Crippen LogP contribution in [0.25, 0.3) is 0 Å². The normalized spacial score (nSPS) is 20.4. The number of ether oxygens (including phenoxy) is 1. The fourth-order valence-corrected chi connectivity index (χ4v) is 1.69. The number of aromatic nitrogens is 1. The molecule has 0 aliphatic carbocycles. The summed E-state index contributed by atoms with van der Waals surface area (Å²) < 4.78 is 5.35. The van der Waals surface area contributed by atoms with Crippen LogP contribution in [0.1, 0.15) is 23.2 Å². The van der Waals surface area contributed by atoms with Crippen LogP contribution in [0.5, 0.6) is 0 Å². The Labute approximate surface area is 94.0 Å². The molecule has 1 aromatic rings. The number of rotatable bonds is 3. The van der Waals surface area contributed by atoms with Gasteiger partial charge in [0.05, 0.1) is 18.2 Å². The van der Waals surface area contributed by atoms with Crippen LogP contribution >= 0.6 is 0 Å². The van der Waals surface area contributed by atoms with Crippen molar-refractivity contribution in [2.75, 3.05) is 18.5 Å². The number of nitrogens with one attached hydrogen (secondary N) is 1. The largest absolute Gasteiger partial charge is 0.379 e. The van der Waals surface area contributed by atoms with Gasteiger partial charge in [-0.1, -0.05) is 0 Å². The number of carbonyl (C=O) groups is 1. The summed E-state index contributed by atoms with van der Waals surface area (Å²) in [5, 5.41) is 3.26. The summed E-state index contributed by atoms with van der Waals surface area (Å²) in [6.45, 7) is 1.55. The van der Waals surface area contributed by atoms with Gasteiger partial charge in [-0.15, -0.1) is 0 Å². The minimum Gasteiger partial charge on any atom is -0.379 e. The topological polar surface area (TPSA) is 77.2 Å². The molecule has 1 aliphatic heterocycles. The molecule has 1 atom stereocenters. The molecule has 1 aliphatic rings. The zero-order valence-corrected chi connectivity index (χ0v) is 8.98. The van der Waals surface area contributed by atoms with Crippen molar-refractivity contribution >= 4 is 11.7 Å². The number of carbonyl (C=O) groups excluding carboxylic acids is 1. The molecule has 1 unspecified atom stereocenters. The predicted molar refractivity (Wildman–Crippen MR) is 60.2 cm³/mol. The van der Waals surface area contributed by atoms with Gasteiger partial charge < -0.3 is 15.8 Å². The highest BCUT2D eigenvalue weighted by molar-refractivity contribution is 5.92. The van der Waals surface area contributed by atoms with Gasteiger partial charge in [-0.2, -0.15) is 0 Å². The van der Waals surface area contributed by atoms with Gasteiger partial charge in [-0.3, -0.25) is 4.79 Å². The maximum absolute atomic E-state index is 10.8. The highest BCUT2D eigenvalue weighted by Crippen LogP contribution is 2.12. The summed E-state index contributed by atoms with van der Waals surface area (Å²) in [6.07, 6.45) is 3.63. The molecular formula is C11H15N3O2. The molecule has 0 radical (unpaired) electrons. The molecule has 1 fully saturated rings. The lowest BCUT2D eigenvalue weighted by Gasteiger charge is -2.23. The van der Waals surface area contributed by atoms with E-state index in [-0.39, 0.29) is 0 Å². The molecule has 0 aromatic carbocycles.